The quantitative estimate of drug-likeness (QED) is 0.759. The maximum absolute atomic E-state index is 6.23. The maximum atomic E-state index is 6.23. The number of benzene rings is 1. The van der Waals surface area contributed by atoms with Crippen LogP contribution < -0.4 is 4.74 Å². The molecule has 122 valence electrons. The molecule has 0 saturated heterocycles. The average molecular weight is 309 g/mol. The summed E-state index contributed by atoms with van der Waals surface area (Å²) < 4.78 is 6.23. The Morgan fingerprint density at radius 2 is 2.09 bits per heavy atom. The van der Waals surface area contributed by atoms with Gasteiger partial charge in [0.05, 0.1) is 0 Å². The summed E-state index contributed by atoms with van der Waals surface area (Å²) in [5.74, 6) is 6.03. The van der Waals surface area contributed by atoms with Gasteiger partial charge in [0.2, 0.25) is 0 Å². The lowest BCUT2D eigenvalue weighted by atomic mass is 9.73. The minimum atomic E-state index is 0.711. The average Bonchev–Trinajstić information content (AvgIpc) is 3.27. The van der Waals surface area contributed by atoms with Crippen LogP contribution in [0.15, 0.2) is 30.9 Å². The van der Waals surface area contributed by atoms with Gasteiger partial charge in [-0.15, -0.1) is 6.58 Å². The number of nitrogens with zero attached hydrogens (tertiary/aromatic N) is 1. The minimum absolute atomic E-state index is 0.711. The van der Waals surface area contributed by atoms with E-state index < -0.39 is 0 Å². The first-order chi connectivity index (χ1) is 11.3. The molecule has 0 aromatic heterocycles. The van der Waals surface area contributed by atoms with Crippen molar-refractivity contribution in [3.05, 3.63) is 42.0 Å². The van der Waals surface area contributed by atoms with Gasteiger partial charge in [0.25, 0.3) is 0 Å². The molecule has 5 unspecified atom stereocenters. The van der Waals surface area contributed by atoms with Gasteiger partial charge in [0, 0.05) is 18.7 Å². The predicted molar refractivity (Wildman–Crippen MR) is 92.3 cm³/mol. The molecule has 2 heteroatoms. The second-order valence-corrected chi connectivity index (χ2v) is 8.17. The zero-order valence-corrected chi connectivity index (χ0v) is 13.9. The van der Waals surface area contributed by atoms with E-state index in [2.05, 4.69) is 29.7 Å². The van der Waals surface area contributed by atoms with Crippen molar-refractivity contribution in [3.63, 3.8) is 0 Å². The van der Waals surface area contributed by atoms with Crippen molar-refractivity contribution in [1.82, 2.24) is 4.90 Å². The van der Waals surface area contributed by atoms with E-state index in [0.29, 0.717) is 6.73 Å². The molecule has 0 radical (unpaired) electrons. The molecule has 3 fully saturated rings. The van der Waals surface area contributed by atoms with Crippen molar-refractivity contribution in [2.45, 2.75) is 44.6 Å². The molecule has 4 aliphatic rings. The first-order valence-corrected chi connectivity index (χ1v) is 9.43. The number of hydrogen-bond acceptors (Lipinski definition) is 2. The first-order valence-electron chi connectivity index (χ1n) is 9.43. The Balaban J connectivity index is 1.44. The maximum Gasteiger partial charge on any atom is 0.142 e. The zero-order chi connectivity index (χ0) is 15.4. The van der Waals surface area contributed by atoms with Crippen molar-refractivity contribution in [3.8, 4) is 5.75 Å². The third-order valence-electron chi connectivity index (χ3n) is 7.13. The minimum Gasteiger partial charge on any atom is -0.477 e. The fourth-order valence-electron chi connectivity index (χ4n) is 6.37. The lowest BCUT2D eigenvalue weighted by molar-refractivity contribution is 0.104. The summed E-state index contributed by atoms with van der Waals surface area (Å²) in [7, 11) is 0. The van der Waals surface area contributed by atoms with Crippen molar-refractivity contribution >= 4 is 0 Å². The van der Waals surface area contributed by atoms with Crippen LogP contribution in [0.4, 0.5) is 0 Å². The second kappa shape index (κ2) is 5.37. The number of fused-ring (bicyclic) bond motifs is 6. The van der Waals surface area contributed by atoms with E-state index in [-0.39, 0.29) is 0 Å². The van der Waals surface area contributed by atoms with Crippen LogP contribution in [0.5, 0.6) is 5.75 Å². The van der Waals surface area contributed by atoms with E-state index >= 15 is 0 Å². The summed E-state index contributed by atoms with van der Waals surface area (Å²) >= 11 is 0. The van der Waals surface area contributed by atoms with Crippen LogP contribution >= 0.6 is 0 Å². The van der Waals surface area contributed by atoms with E-state index in [1.807, 2.05) is 6.08 Å². The highest BCUT2D eigenvalue weighted by molar-refractivity contribution is 5.45. The second-order valence-electron chi connectivity index (χ2n) is 8.17. The lowest BCUT2D eigenvalue weighted by Gasteiger charge is -2.35. The van der Waals surface area contributed by atoms with Crippen LogP contribution in [-0.4, -0.2) is 18.2 Å². The van der Waals surface area contributed by atoms with Gasteiger partial charge < -0.3 is 4.74 Å². The number of hydrogen-bond donors (Lipinski definition) is 0. The molecule has 0 spiro atoms. The SMILES string of the molecule is C=CCN1COc2c(cccc2C2CC3CC2C2CCCC32)C1. The van der Waals surface area contributed by atoms with Crippen molar-refractivity contribution in [2.24, 2.45) is 23.7 Å². The van der Waals surface area contributed by atoms with Gasteiger partial charge in [-0.1, -0.05) is 30.7 Å². The topological polar surface area (TPSA) is 12.5 Å². The summed E-state index contributed by atoms with van der Waals surface area (Å²) in [4.78, 5) is 2.31. The molecule has 2 nitrogen and oxygen atoms in total. The fourth-order valence-corrected chi connectivity index (χ4v) is 6.37. The Morgan fingerprint density at radius 1 is 1.17 bits per heavy atom. The molecule has 1 aromatic rings. The third kappa shape index (κ3) is 2.11. The van der Waals surface area contributed by atoms with E-state index in [1.54, 1.807) is 0 Å². The smallest absolute Gasteiger partial charge is 0.142 e. The normalized spacial score (nSPS) is 38.2. The summed E-state index contributed by atoms with van der Waals surface area (Å²) in [6.07, 6.45) is 9.36. The van der Waals surface area contributed by atoms with Gasteiger partial charge in [0.15, 0.2) is 0 Å². The lowest BCUT2D eigenvalue weighted by Crippen LogP contribution is -2.33. The predicted octanol–water partition coefficient (Wildman–Crippen LogP) is 4.56. The van der Waals surface area contributed by atoms with Crippen LogP contribution in [0.1, 0.15) is 49.1 Å². The molecule has 1 aliphatic heterocycles. The molecule has 2 bridgehead atoms. The highest BCUT2D eigenvalue weighted by Gasteiger charge is 2.54. The van der Waals surface area contributed by atoms with E-state index in [1.165, 1.54) is 49.0 Å². The van der Waals surface area contributed by atoms with Gasteiger partial charge in [-0.3, -0.25) is 4.90 Å². The first kappa shape index (κ1) is 14.1. The number of ether oxygens (including phenoxy) is 1. The van der Waals surface area contributed by atoms with Gasteiger partial charge in [-0.25, -0.2) is 0 Å². The van der Waals surface area contributed by atoms with Crippen molar-refractivity contribution in [1.29, 1.82) is 0 Å². The van der Waals surface area contributed by atoms with Crippen molar-refractivity contribution < 1.29 is 4.74 Å². The van der Waals surface area contributed by atoms with Gasteiger partial charge in [-0.05, 0) is 60.8 Å². The summed E-state index contributed by atoms with van der Waals surface area (Å²) in [6.45, 7) is 6.47. The molecule has 3 saturated carbocycles. The zero-order valence-electron chi connectivity index (χ0n) is 13.9. The van der Waals surface area contributed by atoms with Gasteiger partial charge in [0.1, 0.15) is 12.5 Å². The molecular formula is C21H27NO. The summed E-state index contributed by atoms with van der Waals surface area (Å²) in [5, 5.41) is 0. The summed E-state index contributed by atoms with van der Waals surface area (Å²) in [5.41, 5.74) is 2.90. The molecule has 23 heavy (non-hydrogen) atoms. The Labute approximate surface area is 139 Å². The highest BCUT2D eigenvalue weighted by Crippen LogP contribution is 2.64. The van der Waals surface area contributed by atoms with Crippen LogP contribution in [-0.2, 0) is 6.54 Å². The standard InChI is InChI=1S/C21H27NO/c1-2-9-22-12-14-5-3-8-18(21(14)23-13-22)20-11-15-10-19(20)17-7-4-6-16(15)17/h2-3,5,8,15-17,19-20H,1,4,6-7,9-13H2. The molecule has 0 amide bonds. The number of para-hydroxylation sites is 1. The van der Waals surface area contributed by atoms with Crippen LogP contribution in [0.2, 0.25) is 0 Å². The Hall–Kier alpha value is -1.28. The largest absolute Gasteiger partial charge is 0.477 e. The fraction of sp³-hybridized carbons (Fsp3) is 0.619. The molecule has 1 heterocycles. The Kier molecular flexibility index (Phi) is 3.29. The van der Waals surface area contributed by atoms with E-state index in [4.69, 9.17) is 4.74 Å². The van der Waals surface area contributed by atoms with Gasteiger partial charge >= 0.3 is 0 Å². The Bertz CT molecular complexity index is 624. The third-order valence-corrected chi connectivity index (χ3v) is 7.13. The molecule has 0 N–H and O–H groups in total. The molecule has 3 aliphatic carbocycles. The van der Waals surface area contributed by atoms with Crippen LogP contribution in [0.25, 0.3) is 0 Å². The van der Waals surface area contributed by atoms with Gasteiger partial charge in [-0.2, -0.15) is 0 Å². The monoisotopic (exact) mass is 309 g/mol. The van der Waals surface area contributed by atoms with E-state index in [0.717, 1.165) is 42.7 Å². The molecule has 1 aromatic carbocycles. The summed E-state index contributed by atoms with van der Waals surface area (Å²) in [6, 6.07) is 6.87. The molecule has 5 atom stereocenters. The van der Waals surface area contributed by atoms with E-state index in [9.17, 15) is 0 Å². The highest BCUT2D eigenvalue weighted by atomic mass is 16.5. The van der Waals surface area contributed by atoms with Crippen molar-refractivity contribution in [2.75, 3.05) is 13.3 Å². The van der Waals surface area contributed by atoms with Crippen LogP contribution in [0.3, 0.4) is 0 Å². The van der Waals surface area contributed by atoms with Crippen LogP contribution in [0, 0.1) is 23.7 Å². The molecular weight excluding hydrogens is 282 g/mol. The number of rotatable bonds is 3. The Morgan fingerprint density at radius 3 is 3.00 bits per heavy atom. The molecule has 5 rings (SSSR count).